The molecule has 0 unspecified atom stereocenters. The Morgan fingerprint density at radius 1 is 1.29 bits per heavy atom. The quantitative estimate of drug-likeness (QED) is 0.902. The van der Waals surface area contributed by atoms with E-state index in [1.54, 1.807) is 0 Å². The van der Waals surface area contributed by atoms with E-state index in [1.165, 1.54) is 12.8 Å². The second-order valence-corrected chi connectivity index (χ2v) is 6.65. The smallest absolute Gasteiger partial charge is 0.253 e. The number of carbonyl (C=O) groups excluding carboxylic acids is 1. The van der Waals surface area contributed by atoms with E-state index in [-0.39, 0.29) is 11.9 Å². The first-order valence-electron chi connectivity index (χ1n) is 8.03. The maximum Gasteiger partial charge on any atom is 0.253 e. The lowest BCUT2D eigenvalue weighted by molar-refractivity contribution is 0.0784. The van der Waals surface area contributed by atoms with Gasteiger partial charge in [-0.15, -0.1) is 0 Å². The highest BCUT2D eigenvalue weighted by Crippen LogP contribution is 2.41. The van der Waals surface area contributed by atoms with Crippen molar-refractivity contribution in [3.63, 3.8) is 0 Å². The summed E-state index contributed by atoms with van der Waals surface area (Å²) in [6.45, 7) is 2.32. The van der Waals surface area contributed by atoms with Gasteiger partial charge in [0.2, 0.25) is 0 Å². The monoisotopic (exact) mass is 286 g/mol. The van der Waals surface area contributed by atoms with Gasteiger partial charge in [0.15, 0.2) is 0 Å². The first-order chi connectivity index (χ1) is 10.2. The van der Waals surface area contributed by atoms with Crippen LogP contribution in [0.25, 0.3) is 0 Å². The number of aryl methyl sites for hydroxylation is 1. The predicted octanol–water partition coefficient (Wildman–Crippen LogP) is 1.82. The van der Waals surface area contributed by atoms with E-state index in [4.69, 9.17) is 10.5 Å². The Hall–Kier alpha value is -1.55. The number of nitrogens with zero attached hydrogens (tertiary/aromatic N) is 1. The number of ether oxygens (including phenoxy) is 1. The molecule has 0 spiro atoms. The molecule has 4 nitrogen and oxygen atoms in total. The fourth-order valence-electron chi connectivity index (χ4n) is 3.72. The molecular weight excluding hydrogens is 264 g/mol. The Morgan fingerprint density at radius 3 is 2.95 bits per heavy atom. The number of hydrogen-bond acceptors (Lipinski definition) is 3. The molecular formula is C17H22N2O2. The molecule has 2 N–H and O–H groups in total. The van der Waals surface area contributed by atoms with Gasteiger partial charge in [-0.1, -0.05) is 0 Å². The maximum absolute atomic E-state index is 12.7. The van der Waals surface area contributed by atoms with Crippen LogP contribution in [-0.2, 0) is 6.42 Å². The third-order valence-corrected chi connectivity index (χ3v) is 5.08. The van der Waals surface area contributed by atoms with E-state index < -0.39 is 0 Å². The number of hydrogen-bond donors (Lipinski definition) is 1. The molecule has 3 aliphatic rings. The van der Waals surface area contributed by atoms with Gasteiger partial charge in [-0.05, 0) is 61.3 Å². The Bertz CT molecular complexity index is 568. The standard InChI is InChI=1S/C17H22N2O2/c18-15-10-19(9-14(15)11-3-4-11)17(20)13-5-6-16-12(8-13)2-1-7-21-16/h5-6,8,11,14-15H,1-4,7,9-10,18H2/t14-,15+/m1/s1. The highest BCUT2D eigenvalue weighted by Gasteiger charge is 2.42. The van der Waals surface area contributed by atoms with Gasteiger partial charge < -0.3 is 15.4 Å². The molecule has 2 fully saturated rings. The minimum absolute atomic E-state index is 0.127. The van der Waals surface area contributed by atoms with E-state index in [0.29, 0.717) is 12.5 Å². The molecule has 4 heteroatoms. The fraction of sp³-hybridized carbons (Fsp3) is 0.588. The number of carbonyl (C=O) groups is 1. The summed E-state index contributed by atoms with van der Waals surface area (Å²) in [6, 6.07) is 5.99. The third-order valence-electron chi connectivity index (χ3n) is 5.08. The van der Waals surface area contributed by atoms with Gasteiger partial charge >= 0.3 is 0 Å². The minimum Gasteiger partial charge on any atom is -0.493 e. The van der Waals surface area contributed by atoms with Crippen LogP contribution >= 0.6 is 0 Å². The van der Waals surface area contributed by atoms with Crippen LogP contribution in [0.4, 0.5) is 0 Å². The molecule has 1 aromatic rings. The van der Waals surface area contributed by atoms with Crippen molar-refractivity contribution in [2.45, 2.75) is 31.7 Å². The molecule has 1 saturated carbocycles. The van der Waals surface area contributed by atoms with Crippen molar-refractivity contribution < 1.29 is 9.53 Å². The Kier molecular flexibility index (Phi) is 3.14. The van der Waals surface area contributed by atoms with Crippen LogP contribution in [0.1, 0.15) is 35.2 Å². The SMILES string of the molecule is N[C@H]1CN(C(=O)c2ccc3c(c2)CCCO3)C[C@@H]1C1CC1. The maximum atomic E-state index is 12.7. The molecule has 21 heavy (non-hydrogen) atoms. The third kappa shape index (κ3) is 2.42. The molecule has 0 bridgehead atoms. The van der Waals surface area contributed by atoms with Crippen LogP contribution in [0.2, 0.25) is 0 Å². The van der Waals surface area contributed by atoms with Gasteiger partial charge in [-0.25, -0.2) is 0 Å². The zero-order valence-electron chi connectivity index (χ0n) is 12.3. The first kappa shape index (κ1) is 13.1. The predicted molar refractivity (Wildman–Crippen MR) is 80.4 cm³/mol. The average Bonchev–Trinajstić information content (AvgIpc) is 3.28. The minimum atomic E-state index is 0.127. The van der Waals surface area contributed by atoms with Crippen molar-refractivity contribution in [2.24, 2.45) is 17.6 Å². The van der Waals surface area contributed by atoms with Crippen molar-refractivity contribution in [3.05, 3.63) is 29.3 Å². The summed E-state index contributed by atoms with van der Waals surface area (Å²) in [7, 11) is 0. The molecule has 0 aromatic heterocycles. The van der Waals surface area contributed by atoms with Crippen LogP contribution in [0.15, 0.2) is 18.2 Å². The number of benzene rings is 1. The lowest BCUT2D eigenvalue weighted by Crippen LogP contribution is -2.32. The largest absolute Gasteiger partial charge is 0.493 e. The van der Waals surface area contributed by atoms with Gasteiger partial charge in [0.25, 0.3) is 5.91 Å². The topological polar surface area (TPSA) is 55.6 Å². The van der Waals surface area contributed by atoms with Gasteiger partial charge in [0.1, 0.15) is 5.75 Å². The lowest BCUT2D eigenvalue weighted by Gasteiger charge is -2.20. The van der Waals surface area contributed by atoms with E-state index in [2.05, 4.69) is 0 Å². The normalized spacial score (nSPS) is 28.1. The number of rotatable bonds is 2. The lowest BCUT2D eigenvalue weighted by atomic mass is 9.99. The zero-order chi connectivity index (χ0) is 14.4. The van der Waals surface area contributed by atoms with Crippen molar-refractivity contribution in [1.82, 2.24) is 4.90 Å². The summed E-state index contributed by atoms with van der Waals surface area (Å²) in [4.78, 5) is 14.6. The van der Waals surface area contributed by atoms with Gasteiger partial charge in [-0.3, -0.25) is 4.79 Å². The summed E-state index contributed by atoms with van der Waals surface area (Å²) in [5.74, 6) is 2.33. The highest BCUT2D eigenvalue weighted by atomic mass is 16.5. The molecule has 1 aliphatic carbocycles. The fourth-order valence-corrected chi connectivity index (χ4v) is 3.72. The number of likely N-dealkylation sites (tertiary alicyclic amines) is 1. The Morgan fingerprint density at radius 2 is 2.14 bits per heavy atom. The number of fused-ring (bicyclic) bond motifs is 1. The van der Waals surface area contributed by atoms with Crippen LogP contribution < -0.4 is 10.5 Å². The van der Waals surface area contributed by atoms with Crippen molar-refractivity contribution >= 4 is 5.91 Å². The van der Waals surface area contributed by atoms with E-state index in [0.717, 1.165) is 48.8 Å². The highest BCUT2D eigenvalue weighted by molar-refractivity contribution is 5.95. The average molecular weight is 286 g/mol. The molecule has 112 valence electrons. The Balaban J connectivity index is 1.52. The van der Waals surface area contributed by atoms with Crippen LogP contribution in [0.5, 0.6) is 5.75 Å². The Labute approximate surface area is 125 Å². The van der Waals surface area contributed by atoms with Crippen molar-refractivity contribution in [1.29, 1.82) is 0 Å². The summed E-state index contributed by atoms with van der Waals surface area (Å²) >= 11 is 0. The molecule has 0 radical (unpaired) electrons. The summed E-state index contributed by atoms with van der Waals surface area (Å²) in [6.07, 6.45) is 4.61. The van der Waals surface area contributed by atoms with Gasteiger partial charge in [0.05, 0.1) is 6.61 Å². The summed E-state index contributed by atoms with van der Waals surface area (Å²) in [5.41, 5.74) is 8.17. The van der Waals surface area contributed by atoms with Crippen molar-refractivity contribution in [2.75, 3.05) is 19.7 Å². The second kappa shape index (κ2) is 5.02. The van der Waals surface area contributed by atoms with E-state index in [1.807, 2.05) is 23.1 Å². The van der Waals surface area contributed by atoms with Crippen LogP contribution in [0, 0.1) is 11.8 Å². The molecule has 1 aromatic carbocycles. The van der Waals surface area contributed by atoms with E-state index >= 15 is 0 Å². The summed E-state index contributed by atoms with van der Waals surface area (Å²) < 4.78 is 5.61. The molecule has 1 saturated heterocycles. The van der Waals surface area contributed by atoms with Gasteiger partial charge in [0, 0.05) is 24.7 Å². The number of nitrogens with two attached hydrogens (primary N) is 1. The van der Waals surface area contributed by atoms with E-state index in [9.17, 15) is 4.79 Å². The molecule has 2 aliphatic heterocycles. The number of amides is 1. The van der Waals surface area contributed by atoms with Gasteiger partial charge in [-0.2, -0.15) is 0 Å². The zero-order valence-corrected chi connectivity index (χ0v) is 12.3. The van der Waals surface area contributed by atoms with Crippen molar-refractivity contribution in [3.8, 4) is 5.75 Å². The molecule has 2 atom stereocenters. The van der Waals surface area contributed by atoms with Crippen LogP contribution in [-0.4, -0.2) is 36.5 Å². The second-order valence-electron chi connectivity index (χ2n) is 6.65. The summed E-state index contributed by atoms with van der Waals surface area (Å²) in [5, 5.41) is 0. The molecule has 2 heterocycles. The first-order valence-corrected chi connectivity index (χ1v) is 8.03. The molecule has 1 amide bonds. The molecule has 4 rings (SSSR count). The van der Waals surface area contributed by atoms with Crippen LogP contribution in [0.3, 0.4) is 0 Å².